The molecule has 0 amide bonds. The monoisotopic (exact) mass is 158 g/mol. The third-order valence-electron chi connectivity index (χ3n) is 2.00. The lowest BCUT2D eigenvalue weighted by atomic mass is 10.0. The van der Waals surface area contributed by atoms with Gasteiger partial charge >= 0.3 is 0 Å². The fourth-order valence-electron chi connectivity index (χ4n) is 1.36. The van der Waals surface area contributed by atoms with Crippen LogP contribution in [0.25, 0.3) is 0 Å². The van der Waals surface area contributed by atoms with E-state index in [2.05, 4.69) is 17.9 Å². The molecule has 1 heterocycles. The van der Waals surface area contributed by atoms with E-state index >= 15 is 0 Å². The summed E-state index contributed by atoms with van der Waals surface area (Å²) in [4.78, 5) is 0. The Balaban J connectivity index is 2.17. The van der Waals surface area contributed by atoms with Crippen LogP contribution in [0, 0.1) is 11.8 Å². The van der Waals surface area contributed by atoms with E-state index in [1.165, 1.54) is 0 Å². The van der Waals surface area contributed by atoms with Gasteiger partial charge in [0.25, 0.3) is 0 Å². The number of furan rings is 1. The highest BCUT2D eigenvalue weighted by Gasteiger charge is 2.10. The van der Waals surface area contributed by atoms with Crippen LogP contribution in [0.2, 0.25) is 0 Å². The van der Waals surface area contributed by atoms with Crippen molar-refractivity contribution >= 4 is 0 Å². The number of hydrogen-bond acceptors (Lipinski definition) is 1. The standard InChI is InChI=1S/C11H10O/c1-2-4-7-10(6-3-1)11-8-5-9-12-11/h3,5-6,8-10H,4,7H2. The van der Waals surface area contributed by atoms with Crippen molar-refractivity contribution < 1.29 is 4.42 Å². The second kappa shape index (κ2) is 3.32. The lowest BCUT2D eigenvalue weighted by molar-refractivity contribution is 0.481. The largest absolute Gasteiger partial charge is 0.469 e. The minimum atomic E-state index is 0.405. The summed E-state index contributed by atoms with van der Waals surface area (Å²) in [5.41, 5.74) is 0. The average molecular weight is 158 g/mol. The van der Waals surface area contributed by atoms with Crippen LogP contribution >= 0.6 is 0 Å². The predicted octanol–water partition coefficient (Wildman–Crippen LogP) is 2.72. The van der Waals surface area contributed by atoms with Gasteiger partial charge in [0.2, 0.25) is 0 Å². The topological polar surface area (TPSA) is 13.1 Å². The molecule has 0 aromatic carbocycles. The Labute approximate surface area is 72.1 Å². The van der Waals surface area contributed by atoms with Crippen LogP contribution in [0.5, 0.6) is 0 Å². The van der Waals surface area contributed by atoms with E-state index in [1.54, 1.807) is 6.26 Å². The first-order chi connectivity index (χ1) is 5.97. The second-order valence-electron chi connectivity index (χ2n) is 2.84. The van der Waals surface area contributed by atoms with Gasteiger partial charge in [-0.25, -0.2) is 0 Å². The Morgan fingerprint density at radius 1 is 1.50 bits per heavy atom. The van der Waals surface area contributed by atoms with Gasteiger partial charge in [0, 0.05) is 12.3 Å². The quantitative estimate of drug-likeness (QED) is 0.573. The van der Waals surface area contributed by atoms with Crippen LogP contribution in [-0.4, -0.2) is 0 Å². The van der Waals surface area contributed by atoms with Crippen LogP contribution in [0.4, 0.5) is 0 Å². The van der Waals surface area contributed by atoms with Crippen molar-refractivity contribution in [2.75, 3.05) is 0 Å². The van der Waals surface area contributed by atoms with Gasteiger partial charge in [-0.2, -0.15) is 0 Å². The summed E-state index contributed by atoms with van der Waals surface area (Å²) in [5.74, 6) is 7.47. The molecular formula is C11H10O. The zero-order chi connectivity index (χ0) is 8.23. The van der Waals surface area contributed by atoms with Crippen LogP contribution in [0.1, 0.15) is 24.5 Å². The molecule has 1 aromatic rings. The third-order valence-corrected chi connectivity index (χ3v) is 2.00. The molecule has 1 unspecified atom stereocenters. The van der Waals surface area contributed by atoms with Gasteiger partial charge in [-0.15, -0.1) is 0 Å². The molecule has 0 saturated carbocycles. The molecule has 0 bridgehead atoms. The highest BCUT2D eigenvalue weighted by molar-refractivity contribution is 5.24. The molecule has 1 nitrogen and oxygen atoms in total. The fraction of sp³-hybridized carbons (Fsp3) is 0.273. The molecule has 1 heteroatoms. The minimum absolute atomic E-state index is 0.405. The first-order valence-corrected chi connectivity index (χ1v) is 4.15. The van der Waals surface area contributed by atoms with Crippen LogP contribution in [0.15, 0.2) is 35.0 Å². The maximum absolute atomic E-state index is 5.32. The van der Waals surface area contributed by atoms with Crippen molar-refractivity contribution in [3.8, 4) is 11.8 Å². The molecule has 12 heavy (non-hydrogen) atoms. The van der Waals surface area contributed by atoms with Crippen molar-refractivity contribution in [1.29, 1.82) is 0 Å². The molecule has 0 N–H and O–H groups in total. The molecule has 0 fully saturated rings. The first-order valence-electron chi connectivity index (χ1n) is 4.15. The average Bonchev–Trinajstić information content (AvgIpc) is 2.48. The molecule has 0 aliphatic heterocycles. The summed E-state index contributed by atoms with van der Waals surface area (Å²) in [6.45, 7) is 0. The lowest BCUT2D eigenvalue weighted by Crippen LogP contribution is -1.91. The molecule has 1 aromatic heterocycles. The summed E-state index contributed by atoms with van der Waals surface area (Å²) in [6, 6.07) is 3.94. The van der Waals surface area contributed by atoms with Gasteiger partial charge in [0.05, 0.1) is 6.26 Å². The van der Waals surface area contributed by atoms with E-state index in [0.29, 0.717) is 5.92 Å². The van der Waals surface area contributed by atoms with Crippen LogP contribution < -0.4 is 0 Å². The Hall–Kier alpha value is -1.42. The summed E-state index contributed by atoms with van der Waals surface area (Å²) < 4.78 is 5.32. The van der Waals surface area contributed by atoms with Gasteiger partial charge in [0.1, 0.15) is 5.76 Å². The first kappa shape index (κ1) is 7.24. The Kier molecular flexibility index (Phi) is 2.00. The van der Waals surface area contributed by atoms with Crippen molar-refractivity contribution in [2.24, 2.45) is 0 Å². The maximum Gasteiger partial charge on any atom is 0.110 e. The van der Waals surface area contributed by atoms with E-state index in [-0.39, 0.29) is 0 Å². The van der Waals surface area contributed by atoms with E-state index in [0.717, 1.165) is 18.6 Å². The lowest BCUT2D eigenvalue weighted by Gasteiger charge is -2.05. The Morgan fingerprint density at radius 2 is 2.50 bits per heavy atom. The molecule has 0 spiro atoms. The van der Waals surface area contributed by atoms with Gasteiger partial charge in [-0.1, -0.05) is 17.9 Å². The van der Waals surface area contributed by atoms with Crippen molar-refractivity contribution in [3.05, 3.63) is 36.3 Å². The van der Waals surface area contributed by atoms with Gasteiger partial charge in [0.15, 0.2) is 0 Å². The van der Waals surface area contributed by atoms with Crippen LogP contribution in [-0.2, 0) is 0 Å². The SMILES string of the molecule is C1#CCCC(c2ccco2)C=C1. The van der Waals surface area contributed by atoms with Gasteiger partial charge in [-0.3, -0.25) is 0 Å². The summed E-state index contributed by atoms with van der Waals surface area (Å²) >= 11 is 0. The minimum Gasteiger partial charge on any atom is -0.469 e. The van der Waals surface area contributed by atoms with Crippen molar-refractivity contribution in [1.82, 2.24) is 0 Å². The number of hydrogen-bond donors (Lipinski definition) is 0. The third kappa shape index (κ3) is 1.43. The Bertz CT molecular complexity index is 322. The zero-order valence-corrected chi connectivity index (χ0v) is 6.79. The molecule has 1 atom stereocenters. The second-order valence-corrected chi connectivity index (χ2v) is 2.84. The fourth-order valence-corrected chi connectivity index (χ4v) is 1.36. The molecule has 2 rings (SSSR count). The smallest absolute Gasteiger partial charge is 0.110 e. The molecule has 60 valence electrons. The zero-order valence-electron chi connectivity index (χ0n) is 6.79. The van der Waals surface area contributed by atoms with E-state index in [9.17, 15) is 0 Å². The molecule has 1 aliphatic rings. The summed E-state index contributed by atoms with van der Waals surface area (Å²) in [6.07, 6.45) is 7.77. The number of allylic oxidation sites excluding steroid dienone is 2. The van der Waals surface area contributed by atoms with Crippen molar-refractivity contribution in [2.45, 2.75) is 18.8 Å². The van der Waals surface area contributed by atoms with Crippen molar-refractivity contribution in [3.63, 3.8) is 0 Å². The van der Waals surface area contributed by atoms with E-state index in [4.69, 9.17) is 4.42 Å². The van der Waals surface area contributed by atoms with Gasteiger partial charge in [-0.05, 0) is 24.6 Å². The maximum atomic E-state index is 5.32. The van der Waals surface area contributed by atoms with E-state index < -0.39 is 0 Å². The normalized spacial score (nSPS) is 21.2. The highest BCUT2D eigenvalue weighted by Crippen LogP contribution is 2.23. The summed E-state index contributed by atoms with van der Waals surface area (Å²) in [7, 11) is 0. The van der Waals surface area contributed by atoms with Crippen LogP contribution in [0.3, 0.4) is 0 Å². The summed E-state index contributed by atoms with van der Waals surface area (Å²) in [5, 5.41) is 0. The Morgan fingerprint density at radius 3 is 3.33 bits per heavy atom. The number of rotatable bonds is 1. The van der Waals surface area contributed by atoms with E-state index in [1.807, 2.05) is 18.2 Å². The van der Waals surface area contributed by atoms with Gasteiger partial charge < -0.3 is 4.42 Å². The molecule has 1 aliphatic carbocycles. The molecular weight excluding hydrogens is 148 g/mol. The molecule has 0 saturated heterocycles. The highest BCUT2D eigenvalue weighted by atomic mass is 16.3. The predicted molar refractivity (Wildman–Crippen MR) is 47.6 cm³/mol. The molecule has 0 radical (unpaired) electrons.